The van der Waals surface area contributed by atoms with E-state index in [1.165, 1.54) is 14.7 Å². The maximum absolute atomic E-state index is 12.5. The van der Waals surface area contributed by atoms with E-state index in [9.17, 15) is 13.2 Å². The fourth-order valence-electron chi connectivity index (χ4n) is 2.70. The lowest BCUT2D eigenvalue weighted by atomic mass is 9.98. The number of nitrogens with zero attached hydrogens (tertiary/aromatic N) is 3. The van der Waals surface area contributed by atoms with E-state index in [0.29, 0.717) is 19.6 Å². The van der Waals surface area contributed by atoms with E-state index in [0.717, 1.165) is 25.7 Å². The van der Waals surface area contributed by atoms with Gasteiger partial charge in [0.2, 0.25) is 6.08 Å². The molecule has 0 spiro atoms. The van der Waals surface area contributed by atoms with Crippen molar-refractivity contribution >= 4 is 16.3 Å². The van der Waals surface area contributed by atoms with E-state index in [1.807, 2.05) is 6.92 Å². The van der Waals surface area contributed by atoms with Gasteiger partial charge >= 0.3 is 0 Å². The first-order valence-electron chi connectivity index (χ1n) is 6.41. The summed E-state index contributed by atoms with van der Waals surface area (Å²) in [7, 11) is -3.47. The van der Waals surface area contributed by atoms with E-state index in [4.69, 9.17) is 0 Å². The molecule has 2 aliphatic rings. The second-order valence-electron chi connectivity index (χ2n) is 4.98. The molecule has 2 heterocycles. The Morgan fingerprint density at radius 1 is 1.17 bits per heavy atom. The quantitative estimate of drug-likeness (QED) is 0.562. The summed E-state index contributed by atoms with van der Waals surface area (Å²) >= 11 is 0. The SMILES string of the molecule is CC1CCCN(S(=O)(=O)N2CCCC2)C1N=C=O. The van der Waals surface area contributed by atoms with Crippen molar-refractivity contribution in [3.05, 3.63) is 0 Å². The summed E-state index contributed by atoms with van der Waals surface area (Å²) in [5.41, 5.74) is 0. The molecule has 102 valence electrons. The summed E-state index contributed by atoms with van der Waals surface area (Å²) in [6, 6.07) is 0. The summed E-state index contributed by atoms with van der Waals surface area (Å²) in [5.74, 6) is 0.0672. The van der Waals surface area contributed by atoms with Crippen LogP contribution in [-0.4, -0.2) is 48.9 Å². The Morgan fingerprint density at radius 3 is 2.44 bits per heavy atom. The molecule has 0 radical (unpaired) electrons. The summed E-state index contributed by atoms with van der Waals surface area (Å²) in [6.07, 6.45) is 4.45. The molecule has 0 bridgehead atoms. The van der Waals surface area contributed by atoms with Gasteiger partial charge < -0.3 is 0 Å². The van der Waals surface area contributed by atoms with Gasteiger partial charge in [0, 0.05) is 19.6 Å². The zero-order valence-electron chi connectivity index (χ0n) is 10.6. The fraction of sp³-hybridized carbons (Fsp3) is 0.909. The maximum Gasteiger partial charge on any atom is 0.283 e. The Kier molecular flexibility index (Phi) is 4.17. The second-order valence-corrected chi connectivity index (χ2v) is 6.86. The molecular weight excluding hydrogens is 254 g/mol. The molecule has 0 amide bonds. The van der Waals surface area contributed by atoms with E-state index in [2.05, 4.69) is 4.99 Å². The lowest BCUT2D eigenvalue weighted by molar-refractivity contribution is 0.183. The van der Waals surface area contributed by atoms with Crippen LogP contribution in [-0.2, 0) is 15.0 Å². The van der Waals surface area contributed by atoms with Crippen LogP contribution in [0.3, 0.4) is 0 Å². The van der Waals surface area contributed by atoms with E-state index in [-0.39, 0.29) is 5.92 Å². The number of carbonyl (C=O) groups excluding carboxylic acids is 1. The van der Waals surface area contributed by atoms with Crippen molar-refractivity contribution in [1.82, 2.24) is 8.61 Å². The largest absolute Gasteiger partial charge is 0.283 e. The predicted molar refractivity (Wildman–Crippen MR) is 66.7 cm³/mol. The molecule has 6 nitrogen and oxygen atoms in total. The molecule has 0 N–H and O–H groups in total. The number of hydrogen-bond donors (Lipinski definition) is 0. The molecule has 2 atom stereocenters. The van der Waals surface area contributed by atoms with Crippen molar-refractivity contribution in [3.63, 3.8) is 0 Å². The third-order valence-corrected chi connectivity index (χ3v) is 5.72. The average molecular weight is 273 g/mol. The molecular formula is C11H19N3O3S. The molecule has 7 heteroatoms. The smallest absolute Gasteiger partial charge is 0.211 e. The van der Waals surface area contributed by atoms with Crippen molar-refractivity contribution in [1.29, 1.82) is 0 Å². The summed E-state index contributed by atoms with van der Waals surface area (Å²) in [4.78, 5) is 14.2. The van der Waals surface area contributed by atoms with Crippen LogP contribution >= 0.6 is 0 Å². The predicted octanol–water partition coefficient (Wildman–Crippen LogP) is 0.721. The highest BCUT2D eigenvalue weighted by Gasteiger charge is 2.40. The first kappa shape index (κ1) is 13.7. The minimum absolute atomic E-state index is 0.0672. The Bertz CT molecular complexity index is 438. The number of aliphatic imine (C=N–C) groups is 1. The van der Waals surface area contributed by atoms with Gasteiger partial charge in [-0.2, -0.15) is 22.0 Å². The van der Waals surface area contributed by atoms with Gasteiger partial charge in [-0.3, -0.25) is 0 Å². The van der Waals surface area contributed by atoms with Gasteiger partial charge in [-0.25, -0.2) is 4.79 Å². The third kappa shape index (κ3) is 2.49. The van der Waals surface area contributed by atoms with Gasteiger partial charge in [0.15, 0.2) is 0 Å². The minimum atomic E-state index is -3.47. The van der Waals surface area contributed by atoms with Crippen LogP contribution in [0.5, 0.6) is 0 Å². The van der Waals surface area contributed by atoms with Gasteiger partial charge in [-0.05, 0) is 31.6 Å². The lowest BCUT2D eigenvalue weighted by Gasteiger charge is -2.37. The van der Waals surface area contributed by atoms with Crippen molar-refractivity contribution in [2.75, 3.05) is 19.6 Å². The van der Waals surface area contributed by atoms with Gasteiger partial charge in [0.25, 0.3) is 10.2 Å². The standard InChI is InChI=1S/C11H19N3O3S/c1-10-5-4-8-14(11(10)12-9-15)18(16,17)13-6-2-3-7-13/h10-11H,2-8H2,1H3. The van der Waals surface area contributed by atoms with Crippen LogP contribution in [0, 0.1) is 5.92 Å². The Morgan fingerprint density at radius 2 is 1.83 bits per heavy atom. The molecule has 2 rings (SSSR count). The molecule has 0 aromatic heterocycles. The summed E-state index contributed by atoms with van der Waals surface area (Å²) in [5, 5.41) is 0. The molecule has 2 aliphatic heterocycles. The fourth-order valence-corrected chi connectivity index (χ4v) is 4.60. The average Bonchev–Trinajstić information content (AvgIpc) is 2.86. The van der Waals surface area contributed by atoms with Gasteiger partial charge in [0.1, 0.15) is 6.17 Å². The first-order valence-corrected chi connectivity index (χ1v) is 7.81. The molecule has 0 aromatic carbocycles. The highest BCUT2D eigenvalue weighted by Crippen LogP contribution is 2.29. The second kappa shape index (κ2) is 5.48. The molecule has 18 heavy (non-hydrogen) atoms. The zero-order valence-corrected chi connectivity index (χ0v) is 11.4. The highest BCUT2D eigenvalue weighted by atomic mass is 32.2. The van der Waals surface area contributed by atoms with Crippen LogP contribution in [0.1, 0.15) is 32.6 Å². The van der Waals surface area contributed by atoms with Gasteiger partial charge in [-0.1, -0.05) is 6.92 Å². The summed E-state index contributed by atoms with van der Waals surface area (Å²) < 4.78 is 27.8. The molecule has 0 aromatic rings. The van der Waals surface area contributed by atoms with Crippen LogP contribution in [0.15, 0.2) is 4.99 Å². The monoisotopic (exact) mass is 273 g/mol. The van der Waals surface area contributed by atoms with Crippen LogP contribution in [0.25, 0.3) is 0 Å². The van der Waals surface area contributed by atoms with Crippen molar-refractivity contribution in [2.45, 2.75) is 38.8 Å². The minimum Gasteiger partial charge on any atom is -0.211 e. The Balaban J connectivity index is 2.25. The van der Waals surface area contributed by atoms with E-state index in [1.54, 1.807) is 0 Å². The van der Waals surface area contributed by atoms with Crippen molar-refractivity contribution < 1.29 is 13.2 Å². The normalized spacial score (nSPS) is 31.2. The maximum atomic E-state index is 12.5. The van der Waals surface area contributed by atoms with E-state index < -0.39 is 16.4 Å². The molecule has 0 saturated carbocycles. The highest BCUT2D eigenvalue weighted by molar-refractivity contribution is 7.86. The third-order valence-electron chi connectivity index (χ3n) is 3.71. The lowest BCUT2D eigenvalue weighted by Crippen LogP contribution is -2.51. The van der Waals surface area contributed by atoms with Crippen LogP contribution < -0.4 is 0 Å². The molecule has 2 fully saturated rings. The number of isocyanates is 1. The number of rotatable bonds is 3. The van der Waals surface area contributed by atoms with Gasteiger partial charge in [-0.15, -0.1) is 0 Å². The van der Waals surface area contributed by atoms with Crippen molar-refractivity contribution in [3.8, 4) is 0 Å². The first-order chi connectivity index (χ1) is 8.57. The van der Waals surface area contributed by atoms with Gasteiger partial charge in [0.05, 0.1) is 0 Å². The van der Waals surface area contributed by atoms with Crippen LogP contribution in [0.4, 0.5) is 0 Å². The number of hydrogen-bond acceptors (Lipinski definition) is 4. The Hall–Kier alpha value is -0.750. The van der Waals surface area contributed by atoms with E-state index >= 15 is 0 Å². The molecule has 2 saturated heterocycles. The Labute approximate surface area is 108 Å². The van der Waals surface area contributed by atoms with Crippen molar-refractivity contribution in [2.24, 2.45) is 10.9 Å². The topological polar surface area (TPSA) is 70.1 Å². The summed E-state index contributed by atoms with van der Waals surface area (Å²) in [6.45, 7) is 3.52. The molecule has 0 aliphatic carbocycles. The van der Waals surface area contributed by atoms with Crippen LogP contribution in [0.2, 0.25) is 0 Å². The molecule has 2 unspecified atom stereocenters. The zero-order chi connectivity index (χ0) is 13.2. The number of piperidine rings is 1.